The van der Waals surface area contributed by atoms with Crippen molar-refractivity contribution in [3.8, 4) is 0 Å². The largest absolute Gasteiger partial charge is 0.414 e. The predicted molar refractivity (Wildman–Crippen MR) is 79.7 cm³/mol. The lowest BCUT2D eigenvalue weighted by Gasteiger charge is -2.11. The molecule has 1 unspecified atom stereocenters. The number of carbonyl (C=O) groups is 1. The minimum atomic E-state index is 0.167. The fourth-order valence-electron chi connectivity index (χ4n) is 2.33. The van der Waals surface area contributed by atoms with Gasteiger partial charge < -0.3 is 9.32 Å². The molecule has 1 atom stereocenters. The van der Waals surface area contributed by atoms with E-state index in [2.05, 4.69) is 29.3 Å². The van der Waals surface area contributed by atoms with Gasteiger partial charge in [0.05, 0.1) is 6.54 Å². The molecule has 1 aliphatic rings. The van der Waals surface area contributed by atoms with Crippen molar-refractivity contribution in [2.45, 2.75) is 36.8 Å². The molecule has 21 heavy (non-hydrogen) atoms. The topological polar surface area (TPSA) is 59.2 Å². The number of aromatic nitrogens is 2. The minimum Gasteiger partial charge on any atom is -0.414 e. The van der Waals surface area contributed by atoms with E-state index in [1.807, 2.05) is 18.2 Å². The SMILES string of the molecule is CC(Sc1nnc(CN2CCCC2=O)o1)c1ccccc1. The van der Waals surface area contributed by atoms with E-state index in [0.29, 0.717) is 24.1 Å². The number of hydrogen-bond donors (Lipinski definition) is 0. The summed E-state index contributed by atoms with van der Waals surface area (Å²) in [7, 11) is 0. The molecular formula is C15H17N3O2S. The Bertz CT molecular complexity index is 614. The van der Waals surface area contributed by atoms with E-state index in [9.17, 15) is 4.79 Å². The quantitative estimate of drug-likeness (QED) is 0.795. The van der Waals surface area contributed by atoms with E-state index in [1.54, 1.807) is 4.90 Å². The summed E-state index contributed by atoms with van der Waals surface area (Å²) in [5, 5.41) is 8.88. The number of thioether (sulfide) groups is 1. The van der Waals surface area contributed by atoms with Gasteiger partial charge in [-0.05, 0) is 18.9 Å². The van der Waals surface area contributed by atoms with Crippen LogP contribution < -0.4 is 0 Å². The van der Waals surface area contributed by atoms with Crippen LogP contribution in [0.15, 0.2) is 40.0 Å². The van der Waals surface area contributed by atoms with Crippen molar-refractivity contribution >= 4 is 17.7 Å². The van der Waals surface area contributed by atoms with Crippen molar-refractivity contribution in [2.75, 3.05) is 6.54 Å². The van der Waals surface area contributed by atoms with Gasteiger partial charge in [0.2, 0.25) is 11.8 Å². The standard InChI is InChI=1S/C15H17N3O2S/c1-11(12-6-3-2-4-7-12)21-15-17-16-13(20-15)10-18-9-5-8-14(18)19/h2-4,6-7,11H,5,8-10H2,1H3. The highest BCUT2D eigenvalue weighted by atomic mass is 32.2. The van der Waals surface area contributed by atoms with Crippen LogP contribution in [-0.2, 0) is 11.3 Å². The van der Waals surface area contributed by atoms with Gasteiger partial charge >= 0.3 is 0 Å². The fraction of sp³-hybridized carbons (Fsp3) is 0.400. The Hall–Kier alpha value is -1.82. The van der Waals surface area contributed by atoms with E-state index >= 15 is 0 Å². The summed E-state index contributed by atoms with van der Waals surface area (Å²) in [6.45, 7) is 3.31. The molecule has 110 valence electrons. The Labute approximate surface area is 127 Å². The van der Waals surface area contributed by atoms with Crippen molar-refractivity contribution < 1.29 is 9.21 Å². The number of amides is 1. The third-order valence-corrected chi connectivity index (χ3v) is 4.48. The normalized spacial score (nSPS) is 16.4. The second-order valence-electron chi connectivity index (χ2n) is 5.05. The van der Waals surface area contributed by atoms with Gasteiger partial charge in [0.1, 0.15) is 0 Å². The van der Waals surface area contributed by atoms with Crippen molar-refractivity contribution in [3.63, 3.8) is 0 Å². The average Bonchev–Trinajstić information content (AvgIpc) is 3.10. The molecule has 0 N–H and O–H groups in total. The van der Waals surface area contributed by atoms with E-state index in [-0.39, 0.29) is 11.2 Å². The summed E-state index contributed by atoms with van der Waals surface area (Å²) in [5.41, 5.74) is 1.22. The first kappa shape index (κ1) is 14.1. The molecule has 1 aromatic carbocycles. The summed E-state index contributed by atoms with van der Waals surface area (Å²) >= 11 is 1.53. The zero-order valence-electron chi connectivity index (χ0n) is 11.9. The molecule has 1 fully saturated rings. The van der Waals surface area contributed by atoms with Crippen molar-refractivity contribution in [3.05, 3.63) is 41.8 Å². The Balaban J connectivity index is 1.61. The third-order valence-electron chi connectivity index (χ3n) is 3.49. The minimum absolute atomic E-state index is 0.167. The Morgan fingerprint density at radius 2 is 2.14 bits per heavy atom. The summed E-state index contributed by atoms with van der Waals surface area (Å²) in [4.78, 5) is 13.3. The molecule has 5 nitrogen and oxygen atoms in total. The molecule has 0 saturated carbocycles. The zero-order chi connectivity index (χ0) is 14.7. The first-order valence-corrected chi connectivity index (χ1v) is 7.92. The summed E-state index contributed by atoms with van der Waals surface area (Å²) in [5.74, 6) is 0.674. The molecule has 2 aromatic rings. The highest BCUT2D eigenvalue weighted by Gasteiger charge is 2.22. The van der Waals surface area contributed by atoms with Gasteiger partial charge in [0.15, 0.2) is 0 Å². The van der Waals surface area contributed by atoms with Gasteiger partial charge in [0.25, 0.3) is 5.22 Å². The number of benzene rings is 1. The molecular weight excluding hydrogens is 286 g/mol. The molecule has 0 bridgehead atoms. The van der Waals surface area contributed by atoms with Crippen LogP contribution in [0.25, 0.3) is 0 Å². The van der Waals surface area contributed by atoms with Gasteiger partial charge in [0, 0.05) is 18.2 Å². The van der Waals surface area contributed by atoms with Crippen LogP contribution in [-0.4, -0.2) is 27.5 Å². The van der Waals surface area contributed by atoms with E-state index in [4.69, 9.17) is 4.42 Å². The van der Waals surface area contributed by atoms with Crippen LogP contribution in [0, 0.1) is 0 Å². The second-order valence-corrected chi connectivity index (χ2v) is 6.34. The first-order chi connectivity index (χ1) is 10.2. The second kappa shape index (κ2) is 6.30. The maximum absolute atomic E-state index is 11.6. The van der Waals surface area contributed by atoms with Crippen molar-refractivity contribution in [2.24, 2.45) is 0 Å². The number of nitrogens with zero attached hydrogens (tertiary/aromatic N) is 3. The molecule has 1 amide bonds. The Kier molecular flexibility index (Phi) is 4.24. The molecule has 3 rings (SSSR count). The van der Waals surface area contributed by atoms with Crippen molar-refractivity contribution in [1.29, 1.82) is 0 Å². The van der Waals surface area contributed by atoms with E-state index in [1.165, 1.54) is 17.3 Å². The molecule has 0 radical (unpaired) electrons. The van der Waals surface area contributed by atoms with Crippen LogP contribution in [0.4, 0.5) is 0 Å². The number of rotatable bonds is 5. The lowest BCUT2D eigenvalue weighted by Crippen LogP contribution is -2.23. The Morgan fingerprint density at radius 3 is 2.86 bits per heavy atom. The lowest BCUT2D eigenvalue weighted by molar-refractivity contribution is -0.128. The lowest BCUT2D eigenvalue weighted by atomic mass is 10.2. The van der Waals surface area contributed by atoms with Crippen LogP contribution >= 0.6 is 11.8 Å². The van der Waals surface area contributed by atoms with Gasteiger partial charge in [-0.2, -0.15) is 0 Å². The van der Waals surface area contributed by atoms with Crippen LogP contribution in [0.2, 0.25) is 0 Å². The summed E-state index contributed by atoms with van der Waals surface area (Å²) < 4.78 is 5.63. The predicted octanol–water partition coefficient (Wildman–Crippen LogP) is 3.05. The van der Waals surface area contributed by atoms with Crippen LogP contribution in [0.1, 0.15) is 36.5 Å². The maximum atomic E-state index is 11.6. The smallest absolute Gasteiger partial charge is 0.277 e. The monoisotopic (exact) mass is 303 g/mol. The van der Waals surface area contributed by atoms with Gasteiger partial charge in [-0.1, -0.05) is 42.1 Å². The molecule has 1 aromatic heterocycles. The van der Waals surface area contributed by atoms with Gasteiger partial charge in [-0.15, -0.1) is 10.2 Å². The molecule has 2 heterocycles. The molecule has 1 aliphatic heterocycles. The van der Waals surface area contributed by atoms with Crippen molar-refractivity contribution in [1.82, 2.24) is 15.1 Å². The molecule has 0 spiro atoms. The average molecular weight is 303 g/mol. The number of hydrogen-bond acceptors (Lipinski definition) is 5. The highest BCUT2D eigenvalue weighted by Crippen LogP contribution is 2.33. The molecule has 6 heteroatoms. The van der Waals surface area contributed by atoms with Gasteiger partial charge in [-0.3, -0.25) is 4.79 Å². The molecule has 1 saturated heterocycles. The number of carbonyl (C=O) groups excluding carboxylic acids is 1. The van der Waals surface area contributed by atoms with Crippen LogP contribution in [0.5, 0.6) is 0 Å². The first-order valence-electron chi connectivity index (χ1n) is 7.04. The highest BCUT2D eigenvalue weighted by molar-refractivity contribution is 7.99. The zero-order valence-corrected chi connectivity index (χ0v) is 12.7. The third kappa shape index (κ3) is 3.44. The van der Waals surface area contributed by atoms with E-state index in [0.717, 1.165) is 13.0 Å². The van der Waals surface area contributed by atoms with Crippen LogP contribution in [0.3, 0.4) is 0 Å². The molecule has 0 aliphatic carbocycles. The Morgan fingerprint density at radius 1 is 1.33 bits per heavy atom. The summed E-state index contributed by atoms with van der Waals surface area (Å²) in [6, 6.07) is 10.2. The maximum Gasteiger partial charge on any atom is 0.277 e. The number of likely N-dealkylation sites (tertiary alicyclic amines) is 1. The van der Waals surface area contributed by atoms with Gasteiger partial charge in [-0.25, -0.2) is 0 Å². The summed E-state index contributed by atoms with van der Waals surface area (Å²) in [6.07, 6.45) is 1.54. The fourth-order valence-corrected chi connectivity index (χ4v) is 3.16. The van der Waals surface area contributed by atoms with E-state index < -0.39 is 0 Å².